The van der Waals surface area contributed by atoms with Gasteiger partial charge in [-0.3, -0.25) is 9.59 Å². The van der Waals surface area contributed by atoms with Gasteiger partial charge in [-0.05, 0) is 6.42 Å². The average molecular weight is 313 g/mol. The zero-order chi connectivity index (χ0) is 15.2. The van der Waals surface area contributed by atoms with Gasteiger partial charge in [0.2, 0.25) is 0 Å². The Morgan fingerprint density at radius 1 is 1.10 bits per heavy atom. The van der Waals surface area contributed by atoms with E-state index in [4.69, 9.17) is 23.2 Å². The molecule has 5 amide bonds. The van der Waals surface area contributed by atoms with E-state index in [1.165, 1.54) is 0 Å². The molecular weight excluding hydrogens is 296 g/mol. The maximum atomic E-state index is 11.7. The van der Waals surface area contributed by atoms with Crippen molar-refractivity contribution in [1.29, 1.82) is 0 Å². The minimum atomic E-state index is -1.41. The van der Waals surface area contributed by atoms with Crippen LogP contribution >= 0.6 is 12.4 Å². The van der Waals surface area contributed by atoms with Gasteiger partial charge in [0.15, 0.2) is 0 Å². The highest BCUT2D eigenvalue weighted by atomic mass is 35.5. The summed E-state index contributed by atoms with van der Waals surface area (Å²) in [6, 6.07) is -3.79. The van der Waals surface area contributed by atoms with Crippen LogP contribution in [-0.4, -0.2) is 47.1 Å². The Balaban J connectivity index is 0. The molecule has 12 heteroatoms. The van der Waals surface area contributed by atoms with Gasteiger partial charge in [0.25, 0.3) is 5.91 Å². The molecule has 116 valence electrons. The van der Waals surface area contributed by atoms with E-state index < -0.39 is 30.0 Å². The standard InChI is InChI=1S/C8H16N6O5.ClH/c1-19-5(15)3-2-4(13(11)7(9)17)6(16)14(12)8(10)18;/h4H,2-3,11-12H2,1H3,(H2,9,17)(H2,10,18);1H. The third-order valence-electron chi connectivity index (χ3n) is 2.20. The van der Waals surface area contributed by atoms with Crippen molar-refractivity contribution >= 4 is 36.3 Å². The fourth-order valence-electron chi connectivity index (χ4n) is 1.16. The minimum absolute atomic E-state index is 0. The van der Waals surface area contributed by atoms with Gasteiger partial charge in [0.1, 0.15) is 6.04 Å². The number of carbonyl (C=O) groups is 4. The number of ether oxygens (including phenoxy) is 1. The average Bonchev–Trinajstić information content (AvgIpc) is 2.36. The number of methoxy groups -OCH3 is 1. The van der Waals surface area contributed by atoms with Crippen molar-refractivity contribution < 1.29 is 23.9 Å². The van der Waals surface area contributed by atoms with Gasteiger partial charge in [-0.25, -0.2) is 26.3 Å². The molecule has 0 aromatic heterocycles. The Bertz CT molecular complexity index is 392. The van der Waals surface area contributed by atoms with Crippen LogP contribution in [0.5, 0.6) is 0 Å². The monoisotopic (exact) mass is 312 g/mol. The van der Waals surface area contributed by atoms with Gasteiger partial charge in [0, 0.05) is 6.42 Å². The Labute approximate surface area is 120 Å². The summed E-state index contributed by atoms with van der Waals surface area (Å²) in [6.45, 7) is 0. The van der Waals surface area contributed by atoms with E-state index >= 15 is 0 Å². The van der Waals surface area contributed by atoms with Gasteiger partial charge in [0.05, 0.1) is 7.11 Å². The van der Waals surface area contributed by atoms with Crippen LogP contribution in [0.3, 0.4) is 0 Å². The number of hydrazine groups is 2. The molecule has 8 N–H and O–H groups in total. The lowest BCUT2D eigenvalue weighted by atomic mass is 10.1. The zero-order valence-electron chi connectivity index (χ0n) is 10.6. The molecule has 0 aromatic rings. The molecule has 1 atom stereocenters. The first-order chi connectivity index (χ1) is 8.72. The summed E-state index contributed by atoms with van der Waals surface area (Å²) in [5.74, 6) is 8.66. The molecule has 0 saturated heterocycles. The zero-order valence-corrected chi connectivity index (χ0v) is 11.5. The molecule has 0 spiro atoms. The number of hydrogen-bond acceptors (Lipinski definition) is 7. The number of esters is 1. The highest BCUT2D eigenvalue weighted by molar-refractivity contribution is 5.97. The largest absolute Gasteiger partial charge is 0.469 e. The van der Waals surface area contributed by atoms with Crippen molar-refractivity contribution in [2.75, 3.05) is 7.11 Å². The summed E-state index contributed by atoms with van der Waals surface area (Å²) in [5.41, 5.74) is 9.71. The van der Waals surface area contributed by atoms with Crippen LogP contribution in [0.25, 0.3) is 0 Å². The van der Waals surface area contributed by atoms with Crippen molar-refractivity contribution in [1.82, 2.24) is 10.0 Å². The fraction of sp³-hybridized carbons (Fsp3) is 0.500. The lowest BCUT2D eigenvalue weighted by molar-refractivity contribution is -0.141. The Hall–Kier alpha value is -2.11. The predicted octanol–water partition coefficient (Wildman–Crippen LogP) is -2.23. The van der Waals surface area contributed by atoms with Crippen LogP contribution in [0, 0.1) is 0 Å². The second-order valence-electron chi connectivity index (χ2n) is 3.42. The predicted molar refractivity (Wildman–Crippen MR) is 68.5 cm³/mol. The number of halogens is 1. The topological polar surface area (TPSA) is 188 Å². The van der Waals surface area contributed by atoms with Gasteiger partial charge in [-0.15, -0.1) is 12.4 Å². The molecule has 0 aromatic carbocycles. The van der Waals surface area contributed by atoms with Crippen molar-refractivity contribution in [2.45, 2.75) is 18.9 Å². The van der Waals surface area contributed by atoms with E-state index in [1.807, 2.05) is 0 Å². The minimum Gasteiger partial charge on any atom is -0.469 e. The maximum Gasteiger partial charge on any atom is 0.336 e. The van der Waals surface area contributed by atoms with Crippen LogP contribution in [-0.2, 0) is 14.3 Å². The third kappa shape index (κ3) is 5.69. The molecule has 0 rings (SSSR count). The fourth-order valence-corrected chi connectivity index (χ4v) is 1.16. The number of amides is 5. The summed E-state index contributed by atoms with van der Waals surface area (Å²) in [4.78, 5) is 44.4. The highest BCUT2D eigenvalue weighted by Gasteiger charge is 2.32. The number of nitrogens with two attached hydrogens (primary N) is 4. The number of primary amides is 2. The Morgan fingerprint density at radius 2 is 1.60 bits per heavy atom. The van der Waals surface area contributed by atoms with E-state index in [0.717, 1.165) is 7.11 Å². The molecule has 20 heavy (non-hydrogen) atoms. The quantitative estimate of drug-likeness (QED) is 0.191. The molecule has 0 aliphatic heterocycles. The van der Waals surface area contributed by atoms with Crippen LogP contribution in [0.4, 0.5) is 9.59 Å². The van der Waals surface area contributed by atoms with Crippen molar-refractivity contribution in [2.24, 2.45) is 23.2 Å². The number of hydrogen-bond donors (Lipinski definition) is 4. The van der Waals surface area contributed by atoms with Gasteiger partial charge in [-0.1, -0.05) is 0 Å². The molecule has 11 nitrogen and oxygen atoms in total. The highest BCUT2D eigenvalue weighted by Crippen LogP contribution is 2.07. The van der Waals surface area contributed by atoms with Gasteiger partial charge in [-0.2, -0.15) is 5.01 Å². The smallest absolute Gasteiger partial charge is 0.336 e. The molecule has 0 radical (unpaired) electrons. The summed E-state index contributed by atoms with van der Waals surface area (Å²) in [7, 11) is 1.14. The summed E-state index contributed by atoms with van der Waals surface area (Å²) in [6.07, 6.45) is -0.466. The van der Waals surface area contributed by atoms with Gasteiger partial charge >= 0.3 is 18.0 Å². The second-order valence-corrected chi connectivity index (χ2v) is 3.42. The number of imide groups is 1. The van der Waals surface area contributed by atoms with E-state index in [1.54, 1.807) is 0 Å². The van der Waals surface area contributed by atoms with E-state index in [9.17, 15) is 19.2 Å². The summed E-state index contributed by atoms with van der Waals surface area (Å²) in [5, 5.41) is 0.429. The summed E-state index contributed by atoms with van der Waals surface area (Å²) < 4.78 is 4.37. The number of nitrogens with zero attached hydrogens (tertiary/aromatic N) is 2. The van der Waals surface area contributed by atoms with Gasteiger partial charge < -0.3 is 16.2 Å². The number of carbonyl (C=O) groups excluding carboxylic acids is 4. The summed E-state index contributed by atoms with van der Waals surface area (Å²) >= 11 is 0. The first kappa shape index (κ1) is 20.2. The SMILES string of the molecule is COC(=O)CCC(C(=O)N(N)C(N)=O)N(N)C(N)=O.Cl. The van der Waals surface area contributed by atoms with Crippen molar-refractivity contribution in [3.8, 4) is 0 Å². The molecule has 0 aliphatic carbocycles. The molecular formula is C8H17ClN6O5. The normalized spacial score (nSPS) is 10.8. The molecule has 0 aliphatic rings. The van der Waals surface area contributed by atoms with Crippen LogP contribution in [0.15, 0.2) is 0 Å². The van der Waals surface area contributed by atoms with Crippen LogP contribution in [0.2, 0.25) is 0 Å². The number of urea groups is 2. The first-order valence-electron chi connectivity index (χ1n) is 5.00. The molecule has 0 heterocycles. The third-order valence-corrected chi connectivity index (χ3v) is 2.20. The Kier molecular flexibility index (Phi) is 8.99. The molecule has 0 saturated carbocycles. The van der Waals surface area contributed by atoms with Crippen LogP contribution < -0.4 is 23.2 Å². The van der Waals surface area contributed by atoms with Crippen LogP contribution in [0.1, 0.15) is 12.8 Å². The lowest BCUT2D eigenvalue weighted by Gasteiger charge is -2.26. The number of rotatable bonds is 5. The van der Waals surface area contributed by atoms with E-state index in [0.29, 0.717) is 5.01 Å². The Morgan fingerprint density at radius 3 is 1.95 bits per heavy atom. The maximum absolute atomic E-state index is 11.7. The van der Waals surface area contributed by atoms with E-state index in [-0.39, 0.29) is 30.3 Å². The van der Waals surface area contributed by atoms with Crippen molar-refractivity contribution in [3.63, 3.8) is 0 Å². The molecule has 0 bridgehead atoms. The first-order valence-corrected chi connectivity index (χ1v) is 5.00. The lowest BCUT2D eigenvalue weighted by Crippen LogP contribution is -2.59. The van der Waals surface area contributed by atoms with Crippen molar-refractivity contribution in [3.05, 3.63) is 0 Å². The molecule has 1 unspecified atom stereocenters. The second kappa shape index (κ2) is 8.90. The molecule has 0 fully saturated rings. The van der Waals surface area contributed by atoms with E-state index in [2.05, 4.69) is 4.74 Å².